The van der Waals surface area contributed by atoms with Gasteiger partial charge >= 0.3 is 0 Å². The minimum Gasteiger partial charge on any atom is -0.274 e. The molecular formula is C19H13NO2. The Bertz CT molecular complexity index is 909. The van der Waals surface area contributed by atoms with Crippen molar-refractivity contribution < 1.29 is 9.59 Å². The summed E-state index contributed by atoms with van der Waals surface area (Å²) < 4.78 is 0. The number of carbonyl (C=O) groups is 2. The molecule has 1 aliphatic rings. The highest BCUT2D eigenvalue weighted by molar-refractivity contribution is 6.27. The molecule has 1 aliphatic heterocycles. The van der Waals surface area contributed by atoms with E-state index < -0.39 is 0 Å². The monoisotopic (exact) mass is 287 g/mol. The maximum Gasteiger partial charge on any atom is 0.265 e. The Kier molecular flexibility index (Phi) is 2.79. The third kappa shape index (κ3) is 1.83. The van der Waals surface area contributed by atoms with Gasteiger partial charge in [0.05, 0.1) is 12.1 Å². The first-order valence-electron chi connectivity index (χ1n) is 7.18. The molecule has 3 nitrogen and oxygen atoms in total. The van der Waals surface area contributed by atoms with Crippen LogP contribution in [0.25, 0.3) is 10.8 Å². The molecule has 0 N–H and O–H groups in total. The molecule has 0 fully saturated rings. The Balaban J connectivity index is 1.92. The van der Waals surface area contributed by atoms with Crippen molar-refractivity contribution in [2.45, 2.75) is 6.42 Å². The van der Waals surface area contributed by atoms with Crippen molar-refractivity contribution in [1.82, 2.24) is 0 Å². The van der Waals surface area contributed by atoms with E-state index in [1.54, 1.807) is 6.07 Å². The number of rotatable bonds is 1. The largest absolute Gasteiger partial charge is 0.274 e. The molecule has 0 saturated heterocycles. The number of benzene rings is 3. The second kappa shape index (κ2) is 4.81. The predicted octanol–water partition coefficient (Wildman–Crippen LogP) is 3.57. The van der Waals surface area contributed by atoms with Crippen molar-refractivity contribution in [1.29, 1.82) is 0 Å². The van der Waals surface area contributed by atoms with Crippen molar-refractivity contribution in [3.8, 4) is 0 Å². The highest BCUT2D eigenvalue weighted by atomic mass is 16.2. The van der Waals surface area contributed by atoms with Gasteiger partial charge in [-0.2, -0.15) is 0 Å². The lowest BCUT2D eigenvalue weighted by Crippen LogP contribution is -2.42. The van der Waals surface area contributed by atoms with Crippen LogP contribution in [0, 0.1) is 0 Å². The Hall–Kier alpha value is -2.94. The van der Waals surface area contributed by atoms with Gasteiger partial charge < -0.3 is 0 Å². The summed E-state index contributed by atoms with van der Waals surface area (Å²) in [6, 6.07) is 20.8. The molecule has 2 amide bonds. The Labute approximate surface area is 127 Å². The second-order valence-electron chi connectivity index (χ2n) is 5.37. The topological polar surface area (TPSA) is 37.4 Å². The highest BCUT2D eigenvalue weighted by Gasteiger charge is 2.32. The SMILES string of the molecule is O=C1Cc2ccccc2C(=O)N1c1cccc2ccccc12. The summed E-state index contributed by atoms with van der Waals surface area (Å²) in [5.74, 6) is -0.428. The zero-order valence-electron chi connectivity index (χ0n) is 11.8. The quantitative estimate of drug-likeness (QED) is 0.642. The predicted molar refractivity (Wildman–Crippen MR) is 85.9 cm³/mol. The normalized spacial score (nSPS) is 14.3. The van der Waals surface area contributed by atoms with Crippen LogP contribution in [0.1, 0.15) is 15.9 Å². The summed E-state index contributed by atoms with van der Waals surface area (Å²) in [6.45, 7) is 0. The number of hydrogen-bond donors (Lipinski definition) is 0. The second-order valence-corrected chi connectivity index (χ2v) is 5.37. The number of amides is 2. The van der Waals surface area contributed by atoms with Gasteiger partial charge in [0.25, 0.3) is 5.91 Å². The van der Waals surface area contributed by atoms with Gasteiger partial charge in [0.15, 0.2) is 0 Å². The molecule has 0 aliphatic carbocycles. The fraction of sp³-hybridized carbons (Fsp3) is 0.0526. The molecule has 0 saturated carbocycles. The summed E-state index contributed by atoms with van der Waals surface area (Å²) >= 11 is 0. The van der Waals surface area contributed by atoms with Gasteiger partial charge in [-0.1, -0.05) is 54.6 Å². The molecule has 3 aromatic rings. The van der Waals surface area contributed by atoms with Crippen LogP contribution in [0.5, 0.6) is 0 Å². The first-order chi connectivity index (χ1) is 10.8. The van der Waals surface area contributed by atoms with Crippen LogP contribution >= 0.6 is 0 Å². The standard InChI is InChI=1S/C19H13NO2/c21-18-12-14-7-2-4-10-16(14)19(22)20(18)17-11-5-8-13-6-1-3-9-15(13)17/h1-11H,12H2. The van der Waals surface area contributed by atoms with E-state index in [0.717, 1.165) is 16.3 Å². The maximum absolute atomic E-state index is 12.8. The number of hydrogen-bond acceptors (Lipinski definition) is 2. The molecule has 0 unspecified atom stereocenters. The van der Waals surface area contributed by atoms with Crippen LogP contribution in [0.2, 0.25) is 0 Å². The van der Waals surface area contributed by atoms with Gasteiger partial charge in [-0.05, 0) is 23.1 Å². The van der Waals surface area contributed by atoms with Crippen LogP contribution < -0.4 is 4.90 Å². The van der Waals surface area contributed by atoms with E-state index in [1.807, 2.05) is 60.7 Å². The summed E-state index contributed by atoms with van der Waals surface area (Å²) in [4.78, 5) is 26.6. The van der Waals surface area contributed by atoms with Crippen molar-refractivity contribution in [2.24, 2.45) is 0 Å². The zero-order chi connectivity index (χ0) is 15.1. The van der Waals surface area contributed by atoms with Crippen LogP contribution in [-0.4, -0.2) is 11.8 Å². The Morgan fingerprint density at radius 2 is 1.50 bits per heavy atom. The lowest BCUT2D eigenvalue weighted by Gasteiger charge is -2.27. The minimum absolute atomic E-state index is 0.181. The van der Waals surface area contributed by atoms with Crippen LogP contribution in [0.3, 0.4) is 0 Å². The maximum atomic E-state index is 12.8. The molecule has 0 spiro atoms. The average molecular weight is 287 g/mol. The van der Waals surface area contributed by atoms with E-state index in [1.165, 1.54) is 4.90 Å². The third-order valence-electron chi connectivity index (χ3n) is 4.05. The van der Waals surface area contributed by atoms with Gasteiger partial charge in [-0.25, -0.2) is 4.90 Å². The number of carbonyl (C=O) groups excluding carboxylic acids is 2. The Morgan fingerprint density at radius 3 is 2.41 bits per heavy atom. The van der Waals surface area contributed by atoms with Gasteiger partial charge in [-0.15, -0.1) is 0 Å². The molecule has 0 radical (unpaired) electrons. The highest BCUT2D eigenvalue weighted by Crippen LogP contribution is 2.31. The number of fused-ring (bicyclic) bond motifs is 2. The smallest absolute Gasteiger partial charge is 0.265 e. The van der Waals surface area contributed by atoms with Crippen molar-refractivity contribution in [3.63, 3.8) is 0 Å². The van der Waals surface area contributed by atoms with Crippen molar-refractivity contribution >= 4 is 28.3 Å². The van der Waals surface area contributed by atoms with E-state index in [0.29, 0.717) is 11.3 Å². The average Bonchev–Trinajstić information content (AvgIpc) is 2.55. The van der Waals surface area contributed by atoms with Crippen molar-refractivity contribution in [2.75, 3.05) is 4.90 Å². The summed E-state index contributed by atoms with van der Waals surface area (Å²) in [6.07, 6.45) is 0.255. The summed E-state index contributed by atoms with van der Waals surface area (Å²) in [5, 5.41) is 1.92. The molecule has 0 bridgehead atoms. The third-order valence-corrected chi connectivity index (χ3v) is 4.05. The first-order valence-corrected chi connectivity index (χ1v) is 7.18. The molecule has 1 heterocycles. The van der Waals surface area contributed by atoms with Gasteiger partial charge in [-0.3, -0.25) is 9.59 Å². The first kappa shape index (κ1) is 12.8. The number of anilines is 1. The number of imide groups is 1. The Morgan fingerprint density at radius 1 is 0.773 bits per heavy atom. The number of nitrogens with zero attached hydrogens (tertiary/aromatic N) is 1. The van der Waals surface area contributed by atoms with E-state index in [-0.39, 0.29) is 18.2 Å². The lowest BCUT2D eigenvalue weighted by molar-refractivity contribution is -0.117. The molecule has 0 aromatic heterocycles. The fourth-order valence-electron chi connectivity index (χ4n) is 3.01. The van der Waals surface area contributed by atoms with Gasteiger partial charge in [0.1, 0.15) is 0 Å². The van der Waals surface area contributed by atoms with E-state index in [2.05, 4.69) is 0 Å². The van der Waals surface area contributed by atoms with Crippen molar-refractivity contribution in [3.05, 3.63) is 77.9 Å². The molecule has 4 rings (SSSR count). The van der Waals surface area contributed by atoms with Gasteiger partial charge in [0.2, 0.25) is 5.91 Å². The summed E-state index contributed by atoms with van der Waals surface area (Å²) in [7, 11) is 0. The van der Waals surface area contributed by atoms with Crippen LogP contribution in [0.15, 0.2) is 66.7 Å². The molecule has 106 valence electrons. The zero-order valence-corrected chi connectivity index (χ0v) is 11.8. The van der Waals surface area contributed by atoms with Gasteiger partial charge in [0, 0.05) is 10.9 Å². The van der Waals surface area contributed by atoms with E-state index in [4.69, 9.17) is 0 Å². The van der Waals surface area contributed by atoms with Crippen LogP contribution in [0.4, 0.5) is 5.69 Å². The molecule has 3 aromatic carbocycles. The summed E-state index contributed by atoms with van der Waals surface area (Å²) in [5.41, 5.74) is 2.06. The van der Waals surface area contributed by atoms with E-state index in [9.17, 15) is 9.59 Å². The lowest BCUT2D eigenvalue weighted by atomic mass is 9.97. The molecule has 3 heteroatoms. The molecular weight excluding hydrogens is 274 g/mol. The molecule has 22 heavy (non-hydrogen) atoms. The molecule has 0 atom stereocenters. The van der Waals surface area contributed by atoms with Crippen LogP contribution in [-0.2, 0) is 11.2 Å². The van der Waals surface area contributed by atoms with E-state index >= 15 is 0 Å². The fourth-order valence-corrected chi connectivity index (χ4v) is 3.01. The minimum atomic E-state index is -0.247.